The number of aromatic amines is 2. The predicted molar refractivity (Wildman–Crippen MR) is 94.2 cm³/mol. The van der Waals surface area contributed by atoms with Crippen molar-refractivity contribution >= 4 is 30.1 Å². The molecule has 126 valence electrons. The molecule has 2 aromatic heterocycles. The van der Waals surface area contributed by atoms with Crippen molar-refractivity contribution in [3.05, 3.63) is 51.3 Å². The van der Waals surface area contributed by atoms with Crippen molar-refractivity contribution in [3.8, 4) is 0 Å². The summed E-state index contributed by atoms with van der Waals surface area (Å²) in [7, 11) is 0. The van der Waals surface area contributed by atoms with E-state index in [-0.39, 0.29) is 0 Å². The maximum absolute atomic E-state index is 5.33. The minimum Gasteiger partial charge on any atom is -0.414 e. The third-order valence-electron chi connectivity index (χ3n) is 3.56. The van der Waals surface area contributed by atoms with Crippen LogP contribution in [-0.4, -0.2) is 33.5 Å². The molecule has 3 aromatic rings. The molecule has 0 unspecified atom stereocenters. The molecule has 2 heterocycles. The number of nitrogens with one attached hydrogen (secondary N) is 2. The smallest absolute Gasteiger partial charge is 0.284 e. The highest BCUT2D eigenvalue weighted by molar-refractivity contribution is 7.71. The lowest BCUT2D eigenvalue weighted by Crippen LogP contribution is -2.28. The first-order valence-corrected chi connectivity index (χ1v) is 8.32. The fourth-order valence-corrected chi connectivity index (χ4v) is 2.61. The summed E-state index contributed by atoms with van der Waals surface area (Å²) in [5.74, 6) is 1.18. The van der Waals surface area contributed by atoms with E-state index in [1.54, 1.807) is 0 Å². The van der Waals surface area contributed by atoms with Gasteiger partial charge < -0.3 is 13.7 Å². The first-order chi connectivity index (χ1) is 11.6. The van der Waals surface area contributed by atoms with Crippen molar-refractivity contribution in [1.82, 2.24) is 20.4 Å². The van der Waals surface area contributed by atoms with Crippen LogP contribution in [0.2, 0.25) is 0 Å². The molecular weight excluding hydrogens is 346 g/mol. The standard InChI is InChI=1S/C15H17N5O2S2/c1-10-2-4-11(5-3-10)20(8-6-12-16-18-14(23)21-12)9-7-13-17-19-15(24)22-13/h2-5H,6-9H2,1H3,(H,18,23)(H,19,24). The number of rotatable bonds is 7. The molecule has 0 saturated carbocycles. The minimum absolute atomic E-state index is 0.292. The van der Waals surface area contributed by atoms with Crippen molar-refractivity contribution < 1.29 is 8.83 Å². The van der Waals surface area contributed by atoms with E-state index in [1.807, 2.05) is 0 Å². The third-order valence-corrected chi connectivity index (χ3v) is 3.90. The number of hydrogen-bond donors (Lipinski definition) is 2. The summed E-state index contributed by atoms with van der Waals surface area (Å²) in [6.45, 7) is 3.53. The molecule has 9 heteroatoms. The first kappa shape index (κ1) is 16.6. The summed E-state index contributed by atoms with van der Waals surface area (Å²) in [6.07, 6.45) is 1.29. The topological polar surface area (TPSA) is 86.9 Å². The Balaban J connectivity index is 1.70. The van der Waals surface area contributed by atoms with Crippen molar-refractivity contribution in [2.75, 3.05) is 18.0 Å². The molecule has 0 aliphatic carbocycles. The Labute approximate surface area is 148 Å². The number of aromatic nitrogens is 4. The van der Waals surface area contributed by atoms with Crippen LogP contribution in [0.15, 0.2) is 33.1 Å². The summed E-state index contributed by atoms with van der Waals surface area (Å²) in [6, 6.07) is 8.36. The van der Waals surface area contributed by atoms with Gasteiger partial charge in [-0.25, -0.2) is 10.2 Å². The lowest BCUT2D eigenvalue weighted by atomic mass is 10.2. The molecule has 0 aliphatic rings. The van der Waals surface area contributed by atoms with Crippen molar-refractivity contribution in [2.45, 2.75) is 19.8 Å². The van der Waals surface area contributed by atoms with Gasteiger partial charge in [-0.15, -0.1) is 10.2 Å². The molecule has 7 nitrogen and oxygen atoms in total. The fourth-order valence-electron chi connectivity index (χ4n) is 2.32. The zero-order valence-electron chi connectivity index (χ0n) is 13.1. The second-order valence-electron chi connectivity index (χ2n) is 5.34. The number of anilines is 1. The quantitative estimate of drug-likeness (QED) is 0.622. The second-order valence-corrected chi connectivity index (χ2v) is 6.08. The Hall–Kier alpha value is -2.26. The highest BCUT2D eigenvalue weighted by atomic mass is 32.1. The van der Waals surface area contributed by atoms with Crippen LogP contribution >= 0.6 is 24.4 Å². The maximum atomic E-state index is 5.33. The lowest BCUT2D eigenvalue weighted by Gasteiger charge is -2.23. The Morgan fingerprint density at radius 1 is 0.917 bits per heavy atom. The van der Waals surface area contributed by atoms with Gasteiger partial charge in [-0.2, -0.15) is 0 Å². The summed E-state index contributed by atoms with van der Waals surface area (Å²) in [5.41, 5.74) is 2.33. The van der Waals surface area contributed by atoms with Crippen LogP contribution in [0.25, 0.3) is 0 Å². The monoisotopic (exact) mass is 363 g/mol. The highest BCUT2D eigenvalue weighted by Crippen LogP contribution is 2.16. The highest BCUT2D eigenvalue weighted by Gasteiger charge is 2.11. The normalized spacial score (nSPS) is 10.9. The average molecular weight is 363 g/mol. The number of nitrogens with zero attached hydrogens (tertiary/aromatic N) is 3. The SMILES string of the molecule is Cc1ccc(N(CCc2n[nH]c(=S)o2)CCc2n[nH]c(=S)o2)cc1. The van der Waals surface area contributed by atoms with Gasteiger partial charge >= 0.3 is 0 Å². The van der Waals surface area contributed by atoms with Gasteiger partial charge in [0.05, 0.1) is 0 Å². The molecule has 24 heavy (non-hydrogen) atoms. The van der Waals surface area contributed by atoms with Gasteiger partial charge in [-0.05, 0) is 43.5 Å². The zero-order chi connectivity index (χ0) is 16.9. The molecule has 0 atom stereocenters. The van der Waals surface area contributed by atoms with Crippen LogP contribution in [0, 0.1) is 16.6 Å². The molecule has 0 amide bonds. The van der Waals surface area contributed by atoms with Crippen LogP contribution in [0.4, 0.5) is 5.69 Å². The van der Waals surface area contributed by atoms with E-state index in [1.165, 1.54) is 5.56 Å². The fraction of sp³-hybridized carbons (Fsp3) is 0.333. The third kappa shape index (κ3) is 4.39. The number of benzene rings is 1. The second kappa shape index (κ2) is 7.54. The van der Waals surface area contributed by atoms with E-state index in [0.717, 1.165) is 18.8 Å². The van der Waals surface area contributed by atoms with Crippen LogP contribution < -0.4 is 4.90 Å². The lowest BCUT2D eigenvalue weighted by molar-refractivity contribution is 0.470. The summed E-state index contributed by atoms with van der Waals surface area (Å²) < 4.78 is 10.7. The summed E-state index contributed by atoms with van der Waals surface area (Å²) in [4.78, 5) is 2.81. The largest absolute Gasteiger partial charge is 0.414 e. The molecule has 1 aromatic carbocycles. The number of aryl methyl sites for hydroxylation is 1. The summed E-state index contributed by atoms with van der Waals surface area (Å²) in [5, 5.41) is 13.4. The van der Waals surface area contributed by atoms with Gasteiger partial charge in [0.25, 0.3) is 9.67 Å². The Morgan fingerprint density at radius 2 is 1.42 bits per heavy atom. The van der Waals surface area contributed by atoms with Crippen molar-refractivity contribution in [1.29, 1.82) is 0 Å². The van der Waals surface area contributed by atoms with E-state index in [4.69, 9.17) is 33.3 Å². The average Bonchev–Trinajstić information content (AvgIpc) is 3.17. The molecule has 2 N–H and O–H groups in total. The van der Waals surface area contributed by atoms with Gasteiger partial charge in [-0.1, -0.05) is 17.7 Å². The Bertz CT molecular complexity index is 841. The molecule has 3 rings (SSSR count). The molecule has 0 fully saturated rings. The molecular formula is C15H17N5O2S2. The predicted octanol–water partition coefficient (Wildman–Crippen LogP) is 3.38. The van der Waals surface area contributed by atoms with Gasteiger partial charge in [0.15, 0.2) is 0 Å². The van der Waals surface area contributed by atoms with E-state index < -0.39 is 0 Å². The van der Waals surface area contributed by atoms with Crippen LogP contribution in [0.5, 0.6) is 0 Å². The Kier molecular flexibility index (Phi) is 5.21. The van der Waals surface area contributed by atoms with Crippen molar-refractivity contribution in [2.24, 2.45) is 0 Å². The molecule has 0 spiro atoms. The minimum atomic E-state index is 0.292. The van der Waals surface area contributed by atoms with Crippen LogP contribution in [0.3, 0.4) is 0 Å². The van der Waals surface area contributed by atoms with E-state index in [9.17, 15) is 0 Å². The first-order valence-electron chi connectivity index (χ1n) is 7.50. The zero-order valence-corrected chi connectivity index (χ0v) is 14.7. The number of hydrogen-bond acceptors (Lipinski definition) is 7. The molecule has 0 saturated heterocycles. The van der Waals surface area contributed by atoms with E-state index in [0.29, 0.717) is 34.3 Å². The van der Waals surface area contributed by atoms with Crippen LogP contribution in [-0.2, 0) is 12.8 Å². The number of H-pyrrole nitrogens is 2. The van der Waals surface area contributed by atoms with Gasteiger partial charge in [0.2, 0.25) is 11.8 Å². The van der Waals surface area contributed by atoms with Crippen molar-refractivity contribution in [3.63, 3.8) is 0 Å². The maximum Gasteiger partial charge on any atom is 0.284 e. The molecule has 0 aliphatic heterocycles. The van der Waals surface area contributed by atoms with Gasteiger partial charge in [0.1, 0.15) is 0 Å². The van der Waals surface area contributed by atoms with Gasteiger partial charge in [0, 0.05) is 31.6 Å². The molecule has 0 radical (unpaired) electrons. The summed E-state index contributed by atoms with van der Waals surface area (Å²) >= 11 is 9.81. The Morgan fingerprint density at radius 3 is 1.83 bits per heavy atom. The van der Waals surface area contributed by atoms with Crippen LogP contribution in [0.1, 0.15) is 17.3 Å². The van der Waals surface area contributed by atoms with E-state index in [2.05, 4.69) is 56.5 Å². The van der Waals surface area contributed by atoms with Gasteiger partial charge in [-0.3, -0.25) is 0 Å². The molecule has 0 bridgehead atoms. The van der Waals surface area contributed by atoms with E-state index >= 15 is 0 Å².